The van der Waals surface area contributed by atoms with Gasteiger partial charge in [0.15, 0.2) is 5.69 Å². The molecule has 152 valence electrons. The Balaban J connectivity index is 1.61. The van der Waals surface area contributed by atoms with Crippen molar-refractivity contribution in [3.05, 3.63) is 83.9 Å². The maximum atomic E-state index is 13.2. The third-order valence-electron chi connectivity index (χ3n) is 5.15. The molecule has 0 atom stereocenters. The van der Waals surface area contributed by atoms with Crippen molar-refractivity contribution in [3.63, 3.8) is 0 Å². The number of carbonyl (C=O) groups is 1. The fourth-order valence-corrected chi connectivity index (χ4v) is 3.54. The molecule has 0 saturated heterocycles. The maximum absolute atomic E-state index is 13.2. The van der Waals surface area contributed by atoms with Gasteiger partial charge < -0.3 is 10.0 Å². The number of hydrogen-bond donors (Lipinski definition) is 1. The Labute approximate surface area is 174 Å². The zero-order valence-electron chi connectivity index (χ0n) is 16.8. The molecule has 0 spiro atoms. The molecule has 0 bridgehead atoms. The van der Waals surface area contributed by atoms with Crippen molar-refractivity contribution in [2.75, 3.05) is 19.7 Å². The lowest BCUT2D eigenvalue weighted by Crippen LogP contribution is -2.36. The van der Waals surface area contributed by atoms with Crippen LogP contribution in [-0.4, -0.2) is 55.6 Å². The molecule has 2 heterocycles. The van der Waals surface area contributed by atoms with Crippen molar-refractivity contribution in [2.24, 2.45) is 0 Å². The third kappa shape index (κ3) is 3.92. The van der Waals surface area contributed by atoms with Crippen LogP contribution in [0.4, 0.5) is 0 Å². The van der Waals surface area contributed by atoms with E-state index in [9.17, 15) is 9.90 Å². The van der Waals surface area contributed by atoms with Gasteiger partial charge in [-0.3, -0.25) is 9.78 Å². The molecular formula is C23H23N5O2. The van der Waals surface area contributed by atoms with E-state index in [1.54, 1.807) is 22.0 Å². The van der Waals surface area contributed by atoms with E-state index in [2.05, 4.69) is 15.3 Å². The van der Waals surface area contributed by atoms with E-state index < -0.39 is 0 Å². The van der Waals surface area contributed by atoms with Crippen LogP contribution < -0.4 is 0 Å². The monoisotopic (exact) mass is 401 g/mol. The van der Waals surface area contributed by atoms with Crippen LogP contribution in [-0.2, 0) is 6.42 Å². The Morgan fingerprint density at radius 1 is 1.07 bits per heavy atom. The molecule has 30 heavy (non-hydrogen) atoms. The Hall–Kier alpha value is -3.58. The second kappa shape index (κ2) is 8.84. The van der Waals surface area contributed by atoms with Crippen LogP contribution in [0.25, 0.3) is 16.5 Å². The van der Waals surface area contributed by atoms with Gasteiger partial charge in [0, 0.05) is 36.3 Å². The lowest BCUT2D eigenvalue weighted by molar-refractivity contribution is 0.0717. The molecule has 0 aliphatic heterocycles. The van der Waals surface area contributed by atoms with Crippen molar-refractivity contribution in [2.45, 2.75) is 13.3 Å². The van der Waals surface area contributed by atoms with Crippen LogP contribution in [0, 0.1) is 6.92 Å². The SMILES string of the molecule is Cc1c(C(=O)N(CCO)CCc2ccccc2)nnn1-c1cccc2cnccc12. The predicted molar refractivity (Wildman–Crippen MR) is 115 cm³/mol. The number of aliphatic hydroxyl groups excluding tert-OH is 1. The average Bonchev–Trinajstić information content (AvgIpc) is 3.17. The molecule has 7 nitrogen and oxygen atoms in total. The molecule has 2 aromatic carbocycles. The van der Waals surface area contributed by atoms with Gasteiger partial charge in [-0.05, 0) is 31.0 Å². The second-order valence-corrected chi connectivity index (χ2v) is 7.06. The van der Waals surface area contributed by atoms with Gasteiger partial charge in [0.1, 0.15) is 0 Å². The molecule has 1 N–H and O–H groups in total. The maximum Gasteiger partial charge on any atom is 0.276 e. The molecule has 7 heteroatoms. The van der Waals surface area contributed by atoms with E-state index in [-0.39, 0.29) is 19.1 Å². The summed E-state index contributed by atoms with van der Waals surface area (Å²) in [5, 5.41) is 19.9. The number of pyridine rings is 1. The Morgan fingerprint density at radius 2 is 1.90 bits per heavy atom. The first kappa shape index (κ1) is 19.7. The van der Waals surface area contributed by atoms with E-state index in [0.717, 1.165) is 22.0 Å². The van der Waals surface area contributed by atoms with Crippen molar-refractivity contribution < 1.29 is 9.90 Å². The van der Waals surface area contributed by atoms with E-state index in [0.29, 0.717) is 24.4 Å². The quantitative estimate of drug-likeness (QED) is 0.515. The zero-order chi connectivity index (χ0) is 20.9. The first-order valence-electron chi connectivity index (χ1n) is 9.88. The second-order valence-electron chi connectivity index (χ2n) is 7.06. The molecule has 0 unspecified atom stereocenters. The molecule has 0 aliphatic rings. The van der Waals surface area contributed by atoms with Gasteiger partial charge in [-0.25, -0.2) is 4.68 Å². The van der Waals surface area contributed by atoms with Crippen molar-refractivity contribution >= 4 is 16.7 Å². The van der Waals surface area contributed by atoms with Gasteiger partial charge in [0.2, 0.25) is 0 Å². The summed E-state index contributed by atoms with van der Waals surface area (Å²) in [6.45, 7) is 2.47. The summed E-state index contributed by atoms with van der Waals surface area (Å²) in [5.74, 6) is -0.231. The first-order chi connectivity index (χ1) is 14.7. The summed E-state index contributed by atoms with van der Waals surface area (Å²) < 4.78 is 1.68. The zero-order valence-corrected chi connectivity index (χ0v) is 16.8. The van der Waals surface area contributed by atoms with Gasteiger partial charge in [-0.15, -0.1) is 5.10 Å². The number of hydrogen-bond acceptors (Lipinski definition) is 5. The molecule has 0 saturated carbocycles. The average molecular weight is 401 g/mol. The van der Waals surface area contributed by atoms with Crippen LogP contribution in [0.5, 0.6) is 0 Å². The van der Waals surface area contributed by atoms with Gasteiger partial charge in [0.25, 0.3) is 5.91 Å². The topological polar surface area (TPSA) is 84.1 Å². The Kier molecular flexibility index (Phi) is 5.81. The highest BCUT2D eigenvalue weighted by Gasteiger charge is 2.23. The van der Waals surface area contributed by atoms with Crippen LogP contribution in [0.15, 0.2) is 67.0 Å². The number of nitrogens with zero attached hydrogens (tertiary/aromatic N) is 5. The number of rotatable bonds is 7. The smallest absolute Gasteiger partial charge is 0.276 e. The molecule has 2 aromatic heterocycles. The van der Waals surface area contributed by atoms with E-state index in [1.165, 1.54) is 0 Å². The molecule has 4 aromatic rings. The lowest BCUT2D eigenvalue weighted by atomic mass is 10.1. The molecule has 0 radical (unpaired) electrons. The first-order valence-corrected chi connectivity index (χ1v) is 9.88. The van der Waals surface area contributed by atoms with Crippen molar-refractivity contribution in [3.8, 4) is 5.69 Å². The normalized spacial score (nSPS) is 11.0. The third-order valence-corrected chi connectivity index (χ3v) is 5.15. The molecule has 0 fully saturated rings. The molecule has 0 aliphatic carbocycles. The molecular weight excluding hydrogens is 378 g/mol. The minimum atomic E-state index is -0.231. The highest BCUT2D eigenvalue weighted by atomic mass is 16.3. The minimum Gasteiger partial charge on any atom is -0.395 e. The number of aliphatic hydroxyl groups is 1. The number of benzene rings is 2. The van der Waals surface area contributed by atoms with E-state index in [1.807, 2.05) is 61.5 Å². The van der Waals surface area contributed by atoms with Crippen molar-refractivity contribution in [1.82, 2.24) is 24.9 Å². The van der Waals surface area contributed by atoms with Crippen LogP contribution in [0.1, 0.15) is 21.7 Å². The fourth-order valence-electron chi connectivity index (χ4n) is 3.54. The van der Waals surface area contributed by atoms with Crippen molar-refractivity contribution in [1.29, 1.82) is 0 Å². The van der Waals surface area contributed by atoms with Crippen LogP contribution in [0.3, 0.4) is 0 Å². The van der Waals surface area contributed by atoms with Crippen LogP contribution >= 0.6 is 0 Å². The van der Waals surface area contributed by atoms with Crippen LogP contribution in [0.2, 0.25) is 0 Å². The summed E-state index contributed by atoms with van der Waals surface area (Å²) in [7, 11) is 0. The standard InChI is InChI=1S/C23H23N5O2/c1-17-22(23(30)27(14-15-29)13-11-18-6-3-2-4-7-18)25-26-28(17)21-9-5-8-19-16-24-12-10-20(19)21/h2-10,12,16,29H,11,13-15H2,1H3. The Bertz CT molecular complexity index is 1150. The molecule has 4 rings (SSSR count). The van der Waals surface area contributed by atoms with Gasteiger partial charge in [-0.1, -0.05) is 47.7 Å². The number of amides is 1. The van der Waals surface area contributed by atoms with Gasteiger partial charge in [-0.2, -0.15) is 0 Å². The fraction of sp³-hybridized carbons (Fsp3) is 0.217. The lowest BCUT2D eigenvalue weighted by Gasteiger charge is -2.21. The number of carbonyl (C=O) groups excluding carboxylic acids is 1. The Morgan fingerprint density at radius 3 is 2.70 bits per heavy atom. The predicted octanol–water partition coefficient (Wildman–Crippen LogP) is 2.80. The summed E-state index contributed by atoms with van der Waals surface area (Å²) in [6.07, 6.45) is 4.23. The number of aromatic nitrogens is 4. The highest BCUT2D eigenvalue weighted by molar-refractivity contribution is 5.94. The van der Waals surface area contributed by atoms with E-state index in [4.69, 9.17) is 0 Å². The van der Waals surface area contributed by atoms with Gasteiger partial charge in [0.05, 0.1) is 18.0 Å². The van der Waals surface area contributed by atoms with Gasteiger partial charge >= 0.3 is 0 Å². The summed E-state index contributed by atoms with van der Waals surface area (Å²) in [5.41, 5.74) is 2.93. The summed E-state index contributed by atoms with van der Waals surface area (Å²) >= 11 is 0. The molecule has 1 amide bonds. The van der Waals surface area contributed by atoms with E-state index >= 15 is 0 Å². The largest absolute Gasteiger partial charge is 0.395 e. The summed E-state index contributed by atoms with van der Waals surface area (Å²) in [4.78, 5) is 19.0. The minimum absolute atomic E-state index is 0.107. The highest BCUT2D eigenvalue weighted by Crippen LogP contribution is 2.23. The summed E-state index contributed by atoms with van der Waals surface area (Å²) in [6, 6.07) is 17.7. The number of fused-ring (bicyclic) bond motifs is 1.